The van der Waals surface area contributed by atoms with Gasteiger partial charge in [0.15, 0.2) is 11.5 Å². The van der Waals surface area contributed by atoms with E-state index in [1.807, 2.05) is 24.3 Å². The van der Waals surface area contributed by atoms with Gasteiger partial charge in [-0.15, -0.1) is 0 Å². The molecule has 0 atom stereocenters. The second-order valence-corrected chi connectivity index (χ2v) is 9.55. The molecule has 1 fully saturated rings. The van der Waals surface area contributed by atoms with E-state index in [1.165, 1.54) is 30.7 Å². The average Bonchev–Trinajstić information content (AvgIpc) is 2.73. The third kappa shape index (κ3) is 4.91. The van der Waals surface area contributed by atoms with Gasteiger partial charge in [0.25, 0.3) is 0 Å². The lowest BCUT2D eigenvalue weighted by atomic mass is 9.97. The third-order valence-electron chi connectivity index (χ3n) is 4.91. The van der Waals surface area contributed by atoms with Crippen LogP contribution in [0.2, 0.25) is 0 Å². The second-order valence-electron chi connectivity index (χ2n) is 6.69. The highest BCUT2D eigenvalue weighted by Gasteiger charge is 2.32. The first-order valence-corrected chi connectivity index (χ1v) is 11.4. The van der Waals surface area contributed by atoms with Gasteiger partial charge in [-0.05, 0) is 43.2 Å². The number of carbonyl (C=O) groups excluding carboxylic acids is 1. The Bertz CT molecular complexity index is 988. The van der Waals surface area contributed by atoms with Gasteiger partial charge in [-0.1, -0.05) is 22.0 Å². The number of hydrogen-bond acceptors (Lipinski definition) is 5. The summed E-state index contributed by atoms with van der Waals surface area (Å²) in [6.07, 6.45) is 0.929. The normalized spacial score (nSPS) is 15.7. The Kier molecular flexibility index (Phi) is 6.81. The van der Waals surface area contributed by atoms with Gasteiger partial charge in [0.05, 0.1) is 19.1 Å². The summed E-state index contributed by atoms with van der Waals surface area (Å²) in [5.41, 5.74) is 0.713. The van der Waals surface area contributed by atoms with E-state index < -0.39 is 10.0 Å². The van der Waals surface area contributed by atoms with Crippen LogP contribution in [0.15, 0.2) is 51.8 Å². The largest absolute Gasteiger partial charge is 0.493 e. The molecule has 1 N–H and O–H groups in total. The Morgan fingerprint density at radius 3 is 2.38 bits per heavy atom. The molecule has 0 spiro atoms. The Balaban J connectivity index is 1.65. The van der Waals surface area contributed by atoms with Crippen molar-refractivity contribution >= 4 is 37.5 Å². The van der Waals surface area contributed by atoms with Crippen molar-refractivity contribution in [1.82, 2.24) is 4.31 Å². The lowest BCUT2D eigenvalue weighted by Crippen LogP contribution is -2.41. The molecule has 2 aromatic carbocycles. The molecule has 0 bridgehead atoms. The molecular weight excluding hydrogens is 460 g/mol. The fraction of sp³-hybridized carbons (Fsp3) is 0.350. The van der Waals surface area contributed by atoms with E-state index in [1.54, 1.807) is 6.07 Å². The van der Waals surface area contributed by atoms with Crippen LogP contribution in [0.25, 0.3) is 0 Å². The molecule has 1 heterocycles. The van der Waals surface area contributed by atoms with E-state index in [0.717, 1.165) is 4.47 Å². The van der Waals surface area contributed by atoms with E-state index in [-0.39, 0.29) is 29.8 Å². The molecular formula is C20H23BrN2O5S. The van der Waals surface area contributed by atoms with Crippen LogP contribution in [-0.4, -0.2) is 45.9 Å². The third-order valence-corrected chi connectivity index (χ3v) is 7.30. The van der Waals surface area contributed by atoms with E-state index in [9.17, 15) is 13.2 Å². The number of hydrogen-bond donors (Lipinski definition) is 1. The number of halogens is 1. The van der Waals surface area contributed by atoms with Crippen molar-refractivity contribution in [2.75, 3.05) is 32.6 Å². The molecule has 1 amide bonds. The van der Waals surface area contributed by atoms with Crippen LogP contribution in [0.5, 0.6) is 11.5 Å². The summed E-state index contributed by atoms with van der Waals surface area (Å²) in [6, 6.07) is 11.9. The van der Waals surface area contributed by atoms with Crippen LogP contribution in [0.4, 0.5) is 5.69 Å². The number of carbonyl (C=O) groups is 1. The Morgan fingerprint density at radius 1 is 1.07 bits per heavy atom. The minimum Gasteiger partial charge on any atom is -0.493 e. The second kappa shape index (κ2) is 9.15. The monoisotopic (exact) mass is 482 g/mol. The average molecular weight is 483 g/mol. The van der Waals surface area contributed by atoms with Crippen molar-refractivity contribution in [2.24, 2.45) is 5.92 Å². The van der Waals surface area contributed by atoms with Gasteiger partial charge in [0.2, 0.25) is 15.9 Å². The number of benzene rings is 2. The van der Waals surface area contributed by atoms with Gasteiger partial charge in [0, 0.05) is 35.2 Å². The standard InChI is InChI=1S/C20H23BrN2O5S/c1-27-18-7-6-17(13-19(18)28-2)29(25,26)23-10-8-14(9-11-23)20(24)22-16-5-3-4-15(21)12-16/h3-7,12-14H,8-11H2,1-2H3,(H,22,24). The van der Waals surface area contributed by atoms with Crippen LogP contribution >= 0.6 is 15.9 Å². The van der Waals surface area contributed by atoms with E-state index >= 15 is 0 Å². The molecule has 0 unspecified atom stereocenters. The summed E-state index contributed by atoms with van der Waals surface area (Å²) in [6.45, 7) is 0.570. The number of rotatable bonds is 6. The lowest BCUT2D eigenvalue weighted by molar-refractivity contribution is -0.120. The van der Waals surface area contributed by atoms with E-state index in [2.05, 4.69) is 21.2 Å². The zero-order chi connectivity index (χ0) is 21.0. The zero-order valence-electron chi connectivity index (χ0n) is 16.2. The molecule has 1 aliphatic rings. The summed E-state index contributed by atoms with van der Waals surface area (Å²) < 4.78 is 38.6. The zero-order valence-corrected chi connectivity index (χ0v) is 18.6. The van der Waals surface area contributed by atoms with Crippen LogP contribution in [0.3, 0.4) is 0 Å². The van der Waals surface area contributed by atoms with Crippen LogP contribution < -0.4 is 14.8 Å². The Hall–Kier alpha value is -2.10. The number of sulfonamides is 1. The summed E-state index contributed by atoms with van der Waals surface area (Å²) in [4.78, 5) is 12.7. The van der Waals surface area contributed by atoms with Crippen molar-refractivity contribution in [3.05, 3.63) is 46.9 Å². The van der Waals surface area contributed by atoms with Crippen LogP contribution in [0.1, 0.15) is 12.8 Å². The first-order chi connectivity index (χ1) is 13.8. The predicted molar refractivity (Wildman–Crippen MR) is 114 cm³/mol. The van der Waals surface area contributed by atoms with Gasteiger partial charge < -0.3 is 14.8 Å². The van der Waals surface area contributed by atoms with Crippen molar-refractivity contribution in [3.63, 3.8) is 0 Å². The van der Waals surface area contributed by atoms with Crippen molar-refractivity contribution < 1.29 is 22.7 Å². The molecule has 1 aliphatic heterocycles. The number of amides is 1. The topological polar surface area (TPSA) is 84.9 Å². The maximum atomic E-state index is 13.0. The van der Waals surface area contributed by atoms with Crippen molar-refractivity contribution in [1.29, 1.82) is 0 Å². The van der Waals surface area contributed by atoms with Gasteiger partial charge in [-0.3, -0.25) is 4.79 Å². The van der Waals surface area contributed by atoms with E-state index in [0.29, 0.717) is 30.0 Å². The maximum absolute atomic E-state index is 13.0. The first kappa shape index (κ1) is 21.6. The molecule has 7 nitrogen and oxygen atoms in total. The smallest absolute Gasteiger partial charge is 0.243 e. The highest BCUT2D eigenvalue weighted by atomic mass is 79.9. The molecule has 3 rings (SSSR count). The maximum Gasteiger partial charge on any atom is 0.243 e. The molecule has 156 valence electrons. The lowest BCUT2D eigenvalue weighted by Gasteiger charge is -2.30. The molecule has 0 saturated carbocycles. The number of piperidine rings is 1. The number of nitrogens with zero attached hydrogens (tertiary/aromatic N) is 1. The molecule has 0 radical (unpaired) electrons. The van der Waals surface area contributed by atoms with E-state index in [4.69, 9.17) is 9.47 Å². The molecule has 29 heavy (non-hydrogen) atoms. The Labute approximate surface area is 179 Å². The van der Waals surface area contributed by atoms with Gasteiger partial charge in [0.1, 0.15) is 0 Å². The molecule has 9 heteroatoms. The van der Waals surface area contributed by atoms with Crippen LogP contribution in [-0.2, 0) is 14.8 Å². The number of ether oxygens (including phenoxy) is 2. The first-order valence-electron chi connectivity index (χ1n) is 9.13. The summed E-state index contributed by atoms with van der Waals surface area (Å²) in [7, 11) is -0.715. The number of methoxy groups -OCH3 is 2. The number of nitrogens with one attached hydrogen (secondary N) is 1. The molecule has 2 aromatic rings. The van der Waals surface area contributed by atoms with Gasteiger partial charge >= 0.3 is 0 Å². The minimum atomic E-state index is -3.67. The SMILES string of the molecule is COc1ccc(S(=O)(=O)N2CCC(C(=O)Nc3cccc(Br)c3)CC2)cc1OC. The summed E-state index contributed by atoms with van der Waals surface area (Å²) in [5.74, 6) is 0.503. The van der Waals surface area contributed by atoms with Crippen molar-refractivity contribution in [2.45, 2.75) is 17.7 Å². The fourth-order valence-electron chi connectivity index (χ4n) is 3.29. The highest BCUT2D eigenvalue weighted by Crippen LogP contribution is 2.32. The Morgan fingerprint density at radius 2 is 1.76 bits per heavy atom. The fourth-order valence-corrected chi connectivity index (χ4v) is 5.18. The minimum absolute atomic E-state index is 0.0914. The summed E-state index contributed by atoms with van der Waals surface area (Å²) in [5, 5.41) is 2.90. The predicted octanol–water partition coefficient (Wildman–Crippen LogP) is 3.51. The van der Waals surface area contributed by atoms with Gasteiger partial charge in [-0.2, -0.15) is 4.31 Å². The quantitative estimate of drug-likeness (QED) is 0.680. The van der Waals surface area contributed by atoms with Crippen molar-refractivity contribution in [3.8, 4) is 11.5 Å². The molecule has 0 aliphatic carbocycles. The molecule has 0 aromatic heterocycles. The summed E-state index contributed by atoms with van der Waals surface area (Å²) >= 11 is 3.38. The highest BCUT2D eigenvalue weighted by molar-refractivity contribution is 9.10. The molecule has 1 saturated heterocycles. The van der Waals surface area contributed by atoms with Crippen LogP contribution in [0, 0.1) is 5.92 Å². The van der Waals surface area contributed by atoms with Gasteiger partial charge in [-0.25, -0.2) is 8.42 Å². The number of anilines is 1.